The van der Waals surface area contributed by atoms with Gasteiger partial charge in [0.2, 0.25) is 0 Å². The van der Waals surface area contributed by atoms with Gasteiger partial charge >= 0.3 is 5.97 Å². The number of nitrogens with zero attached hydrogens (tertiary/aromatic N) is 2. The Labute approximate surface area is 179 Å². The van der Waals surface area contributed by atoms with Gasteiger partial charge < -0.3 is 9.84 Å². The molecule has 0 radical (unpaired) electrons. The number of rotatable bonds is 8. The molecular formula is C21H17FN2O4S2. The van der Waals surface area contributed by atoms with Crippen molar-refractivity contribution in [1.29, 1.82) is 5.26 Å². The third-order valence-electron chi connectivity index (χ3n) is 4.09. The van der Waals surface area contributed by atoms with Gasteiger partial charge in [-0.2, -0.15) is 5.26 Å². The van der Waals surface area contributed by atoms with Gasteiger partial charge in [0.15, 0.2) is 6.61 Å². The molecular weight excluding hydrogens is 427 g/mol. The second kappa shape index (κ2) is 9.63. The lowest BCUT2D eigenvalue weighted by atomic mass is 10.00. The van der Waals surface area contributed by atoms with E-state index in [1.807, 2.05) is 17.5 Å². The lowest BCUT2D eigenvalue weighted by Gasteiger charge is -2.17. The summed E-state index contributed by atoms with van der Waals surface area (Å²) in [4.78, 5) is 10.9. The number of ether oxygens (including phenoxy) is 1. The van der Waals surface area contributed by atoms with Crippen LogP contribution in [0.1, 0.15) is 11.1 Å². The van der Waals surface area contributed by atoms with Gasteiger partial charge in [0, 0.05) is 19.2 Å². The Morgan fingerprint density at radius 1 is 1.30 bits per heavy atom. The molecule has 1 heterocycles. The zero-order valence-corrected chi connectivity index (χ0v) is 17.5. The number of carboxylic acids is 1. The van der Waals surface area contributed by atoms with Crippen LogP contribution in [0, 0.1) is 17.1 Å². The van der Waals surface area contributed by atoms with Gasteiger partial charge in [-0.3, -0.25) is 0 Å². The van der Waals surface area contributed by atoms with E-state index in [9.17, 15) is 13.4 Å². The zero-order valence-electron chi connectivity index (χ0n) is 15.9. The number of nitriles is 1. The summed E-state index contributed by atoms with van der Waals surface area (Å²) in [7, 11) is 0.390. The summed E-state index contributed by atoms with van der Waals surface area (Å²) >= 11 is 1.40. The summed E-state index contributed by atoms with van der Waals surface area (Å²) in [6.45, 7) is -0.230. The first kappa shape index (κ1) is 21.6. The van der Waals surface area contributed by atoms with E-state index in [1.165, 1.54) is 23.5 Å². The maximum atomic E-state index is 14.0. The van der Waals surface area contributed by atoms with Gasteiger partial charge in [-0.1, -0.05) is 12.1 Å². The van der Waals surface area contributed by atoms with E-state index in [0.29, 0.717) is 17.7 Å². The minimum Gasteiger partial charge on any atom is -0.481 e. The fraction of sp³-hybridized carbons (Fsp3) is 0.143. The van der Waals surface area contributed by atoms with Crippen LogP contribution in [0.25, 0.3) is 11.1 Å². The van der Waals surface area contributed by atoms with Gasteiger partial charge in [-0.05, 0) is 52.9 Å². The van der Waals surface area contributed by atoms with Gasteiger partial charge in [-0.25, -0.2) is 17.7 Å². The molecule has 1 unspecified atom stereocenters. The molecule has 1 aromatic heterocycles. The van der Waals surface area contributed by atoms with Gasteiger partial charge in [-0.15, -0.1) is 11.3 Å². The van der Waals surface area contributed by atoms with E-state index in [2.05, 4.69) is 0 Å². The van der Waals surface area contributed by atoms with E-state index < -0.39 is 29.4 Å². The Morgan fingerprint density at radius 2 is 2.10 bits per heavy atom. The van der Waals surface area contributed by atoms with Crippen LogP contribution in [0.2, 0.25) is 0 Å². The van der Waals surface area contributed by atoms with E-state index in [1.54, 1.807) is 35.6 Å². The van der Waals surface area contributed by atoms with Crippen molar-refractivity contribution in [2.45, 2.75) is 10.8 Å². The number of hydrogen-bond acceptors (Lipinski definition) is 5. The van der Waals surface area contributed by atoms with Crippen LogP contribution in [0.15, 0.2) is 58.1 Å². The predicted octanol–water partition coefficient (Wildman–Crippen LogP) is 4.04. The smallest absolute Gasteiger partial charge is 0.341 e. The minimum atomic E-state index is -1.33. The van der Waals surface area contributed by atoms with Crippen molar-refractivity contribution in [3.8, 4) is 22.9 Å². The molecule has 0 saturated carbocycles. The molecule has 3 aromatic rings. The number of aliphatic carboxylic acids is 1. The van der Waals surface area contributed by atoms with Crippen LogP contribution in [0.5, 0.6) is 5.75 Å². The maximum absolute atomic E-state index is 14.0. The fourth-order valence-corrected chi connectivity index (χ4v) is 4.90. The number of benzene rings is 2. The van der Waals surface area contributed by atoms with Crippen LogP contribution < -0.4 is 4.74 Å². The molecule has 9 heteroatoms. The van der Waals surface area contributed by atoms with E-state index in [4.69, 9.17) is 15.1 Å². The van der Waals surface area contributed by atoms with Gasteiger partial charge in [0.25, 0.3) is 0 Å². The van der Waals surface area contributed by atoms with Crippen LogP contribution in [-0.4, -0.2) is 33.2 Å². The Bertz CT molecular complexity index is 1130. The summed E-state index contributed by atoms with van der Waals surface area (Å²) in [5, 5.41) is 19.9. The molecule has 1 N–H and O–H groups in total. The molecule has 30 heavy (non-hydrogen) atoms. The highest BCUT2D eigenvalue weighted by atomic mass is 32.2. The molecule has 0 aliphatic carbocycles. The van der Waals surface area contributed by atoms with Crippen molar-refractivity contribution in [3.05, 3.63) is 70.9 Å². The monoisotopic (exact) mass is 444 g/mol. The molecule has 3 rings (SSSR count). The van der Waals surface area contributed by atoms with E-state index in [-0.39, 0.29) is 11.3 Å². The zero-order chi connectivity index (χ0) is 21.7. The average Bonchev–Trinajstić information content (AvgIpc) is 3.26. The first-order chi connectivity index (χ1) is 14.4. The molecule has 0 bridgehead atoms. The number of thiophene rings is 1. The molecule has 0 spiro atoms. The Kier molecular flexibility index (Phi) is 6.95. The van der Waals surface area contributed by atoms with E-state index >= 15 is 0 Å². The third-order valence-corrected chi connectivity index (χ3v) is 6.64. The highest BCUT2D eigenvalue weighted by Gasteiger charge is 2.16. The van der Waals surface area contributed by atoms with Crippen molar-refractivity contribution in [3.63, 3.8) is 0 Å². The van der Waals surface area contributed by atoms with Gasteiger partial charge in [0.1, 0.15) is 26.8 Å². The standard InChI is InChI=1S/C21H17FN2O4S2/c1-24(30(27)21-3-2-6-29-21)12-14-4-5-19(28-13-20(25)26)18(9-14)16-7-15(11-23)8-17(22)10-16/h2-10H,12-13H2,1H3,(H,25,26). The molecule has 2 aromatic carbocycles. The first-order valence-electron chi connectivity index (χ1n) is 8.72. The molecule has 6 nitrogen and oxygen atoms in total. The summed E-state index contributed by atoms with van der Waals surface area (Å²) in [6.07, 6.45) is 0. The second-order valence-corrected chi connectivity index (χ2v) is 9.09. The summed E-state index contributed by atoms with van der Waals surface area (Å²) in [5.41, 5.74) is 1.73. The highest BCUT2D eigenvalue weighted by Crippen LogP contribution is 2.33. The number of halogens is 1. The normalized spacial score (nSPS) is 11.8. The molecule has 0 fully saturated rings. The van der Waals surface area contributed by atoms with Crippen LogP contribution in [0.3, 0.4) is 0 Å². The summed E-state index contributed by atoms with van der Waals surface area (Å²) in [6, 6.07) is 14.4. The lowest BCUT2D eigenvalue weighted by molar-refractivity contribution is -0.139. The molecule has 0 amide bonds. The fourth-order valence-electron chi connectivity index (χ4n) is 2.81. The topological polar surface area (TPSA) is 90.6 Å². The Morgan fingerprint density at radius 3 is 2.77 bits per heavy atom. The van der Waals surface area contributed by atoms with Crippen LogP contribution in [0.4, 0.5) is 4.39 Å². The summed E-state index contributed by atoms with van der Waals surface area (Å²) in [5.74, 6) is -1.49. The summed E-state index contributed by atoms with van der Waals surface area (Å²) < 4.78 is 34.3. The largest absolute Gasteiger partial charge is 0.481 e. The number of hydrogen-bond donors (Lipinski definition) is 1. The maximum Gasteiger partial charge on any atom is 0.341 e. The SMILES string of the molecule is CN(Cc1ccc(OCC(=O)O)c(-c2cc(F)cc(C#N)c2)c1)S(=O)c1cccs1. The first-order valence-corrected chi connectivity index (χ1v) is 10.7. The van der Waals surface area contributed by atoms with Crippen LogP contribution >= 0.6 is 11.3 Å². The van der Waals surface area contributed by atoms with Crippen molar-refractivity contribution in [1.82, 2.24) is 4.31 Å². The van der Waals surface area contributed by atoms with Crippen molar-refractivity contribution in [2.24, 2.45) is 0 Å². The van der Waals surface area contributed by atoms with Crippen molar-refractivity contribution in [2.75, 3.05) is 13.7 Å². The predicted molar refractivity (Wildman–Crippen MR) is 112 cm³/mol. The number of carboxylic acid groups (broad SMARTS) is 1. The molecule has 154 valence electrons. The third kappa shape index (κ3) is 5.30. The molecule has 1 atom stereocenters. The van der Waals surface area contributed by atoms with E-state index in [0.717, 1.165) is 15.8 Å². The highest BCUT2D eigenvalue weighted by molar-refractivity contribution is 7.85. The minimum absolute atomic E-state index is 0.135. The number of carbonyl (C=O) groups is 1. The Hall–Kier alpha value is -3.06. The Balaban J connectivity index is 1.96. The van der Waals surface area contributed by atoms with Crippen molar-refractivity contribution >= 4 is 28.3 Å². The average molecular weight is 445 g/mol. The van der Waals surface area contributed by atoms with Gasteiger partial charge in [0.05, 0.1) is 11.6 Å². The molecule has 0 aliphatic rings. The molecule has 0 saturated heterocycles. The molecule has 0 aliphatic heterocycles. The quantitative estimate of drug-likeness (QED) is 0.566. The van der Waals surface area contributed by atoms with Crippen molar-refractivity contribution < 1.29 is 23.2 Å². The second-order valence-electron chi connectivity index (χ2n) is 6.32. The van der Waals surface area contributed by atoms with Crippen LogP contribution in [-0.2, 0) is 22.3 Å². The lowest BCUT2D eigenvalue weighted by Crippen LogP contribution is -2.20.